The Morgan fingerprint density at radius 3 is 3.06 bits per heavy atom. The molecule has 1 amide bonds. The van der Waals surface area contributed by atoms with Crippen molar-refractivity contribution >= 4 is 17.5 Å². The number of unbranched alkanes of at least 4 members (excludes halogenated alkanes) is 1. The molecule has 98 valence electrons. The van der Waals surface area contributed by atoms with Crippen molar-refractivity contribution in [1.82, 2.24) is 5.32 Å². The van der Waals surface area contributed by atoms with Crippen molar-refractivity contribution in [3.8, 4) is 5.75 Å². The zero-order chi connectivity index (χ0) is 12.8. The number of carbonyl (C=O) groups is 1. The van der Waals surface area contributed by atoms with Gasteiger partial charge >= 0.3 is 0 Å². The second kappa shape index (κ2) is 6.64. The second-order valence-electron chi connectivity index (χ2n) is 4.41. The van der Waals surface area contributed by atoms with Gasteiger partial charge in [-0.3, -0.25) is 4.79 Å². The Morgan fingerprint density at radius 1 is 1.39 bits per heavy atom. The number of carbonyl (C=O) groups excluding carboxylic acids is 1. The minimum Gasteiger partial charge on any atom is -0.493 e. The minimum absolute atomic E-state index is 0.0778. The Balaban J connectivity index is 1.95. The quantitative estimate of drug-likeness (QED) is 0.658. The third-order valence-corrected chi connectivity index (χ3v) is 3.40. The Hall–Kier alpha value is -1.22. The van der Waals surface area contributed by atoms with Crippen LogP contribution in [0, 0.1) is 0 Å². The molecular formula is C14H18ClNO2. The summed E-state index contributed by atoms with van der Waals surface area (Å²) in [6.45, 7) is 1.31. The molecule has 0 aliphatic carbocycles. The molecule has 0 spiro atoms. The van der Waals surface area contributed by atoms with Crippen LogP contribution in [-0.2, 0) is 4.79 Å². The molecule has 0 saturated carbocycles. The molecule has 0 radical (unpaired) electrons. The fraction of sp³-hybridized carbons (Fsp3) is 0.500. The van der Waals surface area contributed by atoms with E-state index in [1.54, 1.807) is 0 Å². The van der Waals surface area contributed by atoms with Gasteiger partial charge in [0.15, 0.2) is 0 Å². The van der Waals surface area contributed by atoms with Crippen molar-refractivity contribution in [2.24, 2.45) is 0 Å². The van der Waals surface area contributed by atoms with Crippen molar-refractivity contribution in [1.29, 1.82) is 0 Å². The molecule has 0 fully saturated rings. The molecular weight excluding hydrogens is 250 g/mol. The van der Waals surface area contributed by atoms with Crippen LogP contribution in [0.5, 0.6) is 5.75 Å². The van der Waals surface area contributed by atoms with Crippen molar-refractivity contribution in [2.45, 2.75) is 25.2 Å². The predicted octanol–water partition coefficient (Wildman–Crippen LogP) is 2.69. The summed E-state index contributed by atoms with van der Waals surface area (Å²) in [5.41, 5.74) is 0.999. The molecule has 1 unspecified atom stereocenters. The van der Waals surface area contributed by atoms with E-state index >= 15 is 0 Å². The molecule has 1 atom stereocenters. The number of benzene rings is 1. The lowest BCUT2D eigenvalue weighted by Gasteiger charge is -2.25. The fourth-order valence-electron chi connectivity index (χ4n) is 2.17. The highest BCUT2D eigenvalue weighted by Crippen LogP contribution is 2.33. The highest BCUT2D eigenvalue weighted by atomic mass is 35.5. The number of rotatable bonds is 5. The molecule has 1 aromatic rings. The average molecular weight is 268 g/mol. The Labute approximate surface area is 112 Å². The first kappa shape index (κ1) is 13.2. The molecule has 1 N–H and O–H groups in total. The van der Waals surface area contributed by atoms with Crippen LogP contribution in [-0.4, -0.2) is 24.9 Å². The van der Waals surface area contributed by atoms with Crippen LogP contribution in [0.4, 0.5) is 0 Å². The van der Waals surface area contributed by atoms with Gasteiger partial charge in [-0.1, -0.05) is 18.2 Å². The summed E-state index contributed by atoms with van der Waals surface area (Å²) in [4.78, 5) is 12.1. The number of ether oxygens (including phenoxy) is 1. The van der Waals surface area contributed by atoms with E-state index in [-0.39, 0.29) is 11.8 Å². The molecule has 4 heteroatoms. The molecule has 0 bridgehead atoms. The summed E-state index contributed by atoms with van der Waals surface area (Å²) >= 11 is 5.60. The lowest BCUT2D eigenvalue weighted by Crippen LogP contribution is -2.33. The third-order valence-electron chi connectivity index (χ3n) is 3.13. The maximum atomic E-state index is 12.1. The summed E-state index contributed by atoms with van der Waals surface area (Å²) in [7, 11) is 0. The van der Waals surface area contributed by atoms with Gasteiger partial charge in [-0.25, -0.2) is 0 Å². The second-order valence-corrected chi connectivity index (χ2v) is 4.79. The van der Waals surface area contributed by atoms with Gasteiger partial charge in [0.1, 0.15) is 5.75 Å². The number of alkyl halides is 1. The first-order chi connectivity index (χ1) is 8.83. The largest absolute Gasteiger partial charge is 0.493 e. The highest BCUT2D eigenvalue weighted by Gasteiger charge is 2.26. The van der Waals surface area contributed by atoms with Gasteiger partial charge in [-0.15, -0.1) is 11.6 Å². The zero-order valence-corrected chi connectivity index (χ0v) is 11.1. The summed E-state index contributed by atoms with van der Waals surface area (Å²) in [6.07, 6.45) is 2.62. The topological polar surface area (TPSA) is 38.3 Å². The molecule has 0 saturated heterocycles. The maximum absolute atomic E-state index is 12.1. The Morgan fingerprint density at radius 2 is 2.22 bits per heavy atom. The van der Waals surface area contributed by atoms with Crippen LogP contribution in [0.3, 0.4) is 0 Å². The first-order valence-electron chi connectivity index (χ1n) is 6.38. The smallest absolute Gasteiger partial charge is 0.227 e. The molecule has 0 aromatic heterocycles. The van der Waals surface area contributed by atoms with Crippen LogP contribution < -0.4 is 10.1 Å². The number of hydrogen-bond donors (Lipinski definition) is 1. The molecule has 18 heavy (non-hydrogen) atoms. The van der Waals surface area contributed by atoms with Crippen molar-refractivity contribution in [3.63, 3.8) is 0 Å². The van der Waals surface area contributed by atoms with Crippen LogP contribution in [0.15, 0.2) is 24.3 Å². The van der Waals surface area contributed by atoms with Crippen LogP contribution in [0.1, 0.15) is 30.7 Å². The van der Waals surface area contributed by atoms with E-state index in [1.165, 1.54) is 0 Å². The first-order valence-corrected chi connectivity index (χ1v) is 6.92. The average Bonchev–Trinajstić information content (AvgIpc) is 2.43. The molecule has 1 aromatic carbocycles. The van der Waals surface area contributed by atoms with E-state index < -0.39 is 0 Å². The molecule has 1 heterocycles. The monoisotopic (exact) mass is 267 g/mol. The summed E-state index contributed by atoms with van der Waals surface area (Å²) in [5, 5.41) is 2.97. The number of para-hydroxylation sites is 1. The van der Waals surface area contributed by atoms with Crippen molar-refractivity contribution in [2.75, 3.05) is 19.0 Å². The van der Waals surface area contributed by atoms with Gasteiger partial charge in [-0.2, -0.15) is 0 Å². The number of amides is 1. The van der Waals surface area contributed by atoms with Gasteiger partial charge in [0.25, 0.3) is 0 Å². The predicted molar refractivity (Wildman–Crippen MR) is 72.3 cm³/mol. The standard InChI is InChI=1S/C14H18ClNO2/c15-8-3-4-9-16-14(17)12-7-10-18-13-6-2-1-5-11(12)13/h1-2,5-6,12H,3-4,7-10H2,(H,16,17). The van der Waals surface area contributed by atoms with Crippen molar-refractivity contribution in [3.05, 3.63) is 29.8 Å². The van der Waals surface area contributed by atoms with Gasteiger partial charge in [-0.05, 0) is 25.3 Å². The lowest BCUT2D eigenvalue weighted by atomic mass is 9.92. The SMILES string of the molecule is O=C(NCCCCCl)C1CCOc2ccccc21. The number of hydrogen-bond acceptors (Lipinski definition) is 2. The molecule has 2 rings (SSSR count). The van der Waals surface area contributed by atoms with Gasteiger partial charge in [0, 0.05) is 18.0 Å². The van der Waals surface area contributed by atoms with Crippen LogP contribution in [0.25, 0.3) is 0 Å². The van der Waals surface area contributed by atoms with Crippen LogP contribution >= 0.6 is 11.6 Å². The van der Waals surface area contributed by atoms with E-state index in [4.69, 9.17) is 16.3 Å². The van der Waals surface area contributed by atoms with E-state index in [0.29, 0.717) is 19.0 Å². The van der Waals surface area contributed by atoms with Gasteiger partial charge in [0.05, 0.1) is 12.5 Å². The Kier molecular flexibility index (Phi) is 4.88. The van der Waals surface area contributed by atoms with Gasteiger partial charge in [0.2, 0.25) is 5.91 Å². The summed E-state index contributed by atoms with van der Waals surface area (Å²) in [5.74, 6) is 1.51. The maximum Gasteiger partial charge on any atom is 0.227 e. The number of fused-ring (bicyclic) bond motifs is 1. The Bertz CT molecular complexity index is 409. The third kappa shape index (κ3) is 3.16. The van der Waals surface area contributed by atoms with Crippen molar-refractivity contribution < 1.29 is 9.53 Å². The molecule has 1 aliphatic heterocycles. The fourth-order valence-corrected chi connectivity index (χ4v) is 2.36. The number of halogens is 1. The lowest BCUT2D eigenvalue weighted by molar-refractivity contribution is -0.123. The normalized spacial score (nSPS) is 17.7. The summed E-state index contributed by atoms with van der Waals surface area (Å²) < 4.78 is 5.55. The van der Waals surface area contributed by atoms with E-state index in [2.05, 4.69) is 5.32 Å². The zero-order valence-electron chi connectivity index (χ0n) is 10.3. The van der Waals surface area contributed by atoms with E-state index in [1.807, 2.05) is 24.3 Å². The van der Waals surface area contributed by atoms with E-state index in [0.717, 1.165) is 30.6 Å². The van der Waals surface area contributed by atoms with Gasteiger partial charge < -0.3 is 10.1 Å². The highest BCUT2D eigenvalue weighted by molar-refractivity contribution is 6.17. The van der Waals surface area contributed by atoms with Crippen LogP contribution in [0.2, 0.25) is 0 Å². The molecule has 3 nitrogen and oxygen atoms in total. The summed E-state index contributed by atoms with van der Waals surface area (Å²) in [6, 6.07) is 7.76. The number of nitrogens with one attached hydrogen (secondary N) is 1. The molecule has 1 aliphatic rings. The van der Waals surface area contributed by atoms with E-state index in [9.17, 15) is 4.79 Å². The minimum atomic E-state index is -0.0778.